The van der Waals surface area contributed by atoms with Gasteiger partial charge in [-0.2, -0.15) is 0 Å². The Hall–Kier alpha value is -3.47. The number of aliphatic hydroxyl groups is 1. The lowest BCUT2D eigenvalue weighted by Gasteiger charge is -2.14. The number of pyridine rings is 1. The maximum atomic E-state index is 12.2. The van der Waals surface area contributed by atoms with Crippen LogP contribution in [-0.4, -0.2) is 43.7 Å². The van der Waals surface area contributed by atoms with Crippen LogP contribution in [0.2, 0.25) is 4.34 Å². The number of hydrogen-bond acceptors (Lipinski definition) is 7. The summed E-state index contributed by atoms with van der Waals surface area (Å²) in [6.45, 7) is 0.805. The number of aliphatic hydroxyl groups excluding tert-OH is 1. The number of nitrogens with one attached hydrogen (secondary N) is 2. The largest absolute Gasteiger partial charge is 0.396 e. The zero-order valence-electron chi connectivity index (χ0n) is 17.4. The van der Waals surface area contributed by atoms with Gasteiger partial charge in [0.05, 0.1) is 39.0 Å². The van der Waals surface area contributed by atoms with Crippen molar-refractivity contribution in [2.24, 2.45) is 0 Å². The Balaban J connectivity index is 1.56. The van der Waals surface area contributed by atoms with E-state index in [1.54, 1.807) is 45.9 Å². The van der Waals surface area contributed by atoms with Gasteiger partial charge in [0.2, 0.25) is 0 Å². The van der Waals surface area contributed by atoms with Crippen molar-refractivity contribution in [2.75, 3.05) is 18.5 Å². The van der Waals surface area contributed by atoms with Crippen molar-refractivity contribution in [1.82, 2.24) is 24.9 Å². The molecule has 1 amide bonds. The van der Waals surface area contributed by atoms with Crippen LogP contribution in [-0.2, 0) is 6.54 Å². The number of carbonyl (C=O) groups excluding carboxylic acids is 1. The van der Waals surface area contributed by atoms with Crippen LogP contribution in [0, 0.1) is 0 Å². The van der Waals surface area contributed by atoms with Crippen LogP contribution in [0.4, 0.5) is 5.69 Å². The zero-order valence-corrected chi connectivity index (χ0v) is 19.0. The second-order valence-electron chi connectivity index (χ2n) is 7.06. The molecule has 3 N–H and O–H groups in total. The highest BCUT2D eigenvalue weighted by molar-refractivity contribution is 7.17. The first kappa shape index (κ1) is 22.7. The highest BCUT2D eigenvalue weighted by atomic mass is 35.5. The average molecular weight is 485 g/mol. The minimum Gasteiger partial charge on any atom is -0.396 e. The van der Waals surface area contributed by atoms with Crippen LogP contribution in [0.15, 0.2) is 65.7 Å². The molecule has 170 valence electrons. The lowest BCUT2D eigenvalue weighted by atomic mass is 10.2. The molecule has 0 aliphatic rings. The van der Waals surface area contributed by atoms with Gasteiger partial charge >= 0.3 is 0 Å². The molecule has 0 aliphatic heterocycles. The smallest absolute Gasteiger partial charge is 0.261 e. The molecule has 4 aromatic rings. The molecule has 11 heteroatoms. The van der Waals surface area contributed by atoms with Crippen molar-refractivity contribution in [2.45, 2.75) is 13.0 Å². The van der Waals surface area contributed by atoms with Crippen molar-refractivity contribution in [3.8, 4) is 11.4 Å². The van der Waals surface area contributed by atoms with Gasteiger partial charge in [-0.1, -0.05) is 22.9 Å². The first-order chi connectivity index (χ1) is 16.0. The molecule has 3 aromatic heterocycles. The highest BCUT2D eigenvalue weighted by Crippen LogP contribution is 2.24. The third-order valence-corrected chi connectivity index (χ3v) is 5.98. The quantitative estimate of drug-likeness (QED) is 0.315. The van der Waals surface area contributed by atoms with Crippen LogP contribution < -0.4 is 16.2 Å². The number of hydrogen-bond donors (Lipinski definition) is 3. The predicted molar refractivity (Wildman–Crippen MR) is 128 cm³/mol. The summed E-state index contributed by atoms with van der Waals surface area (Å²) in [5.41, 5.74) is 2.58. The van der Waals surface area contributed by atoms with E-state index in [1.165, 1.54) is 17.4 Å². The molecule has 0 spiro atoms. The Bertz CT molecular complexity index is 1320. The van der Waals surface area contributed by atoms with Crippen LogP contribution in [0.3, 0.4) is 0 Å². The number of thiophene rings is 1. The van der Waals surface area contributed by atoms with E-state index in [1.807, 2.05) is 18.2 Å². The van der Waals surface area contributed by atoms with Gasteiger partial charge in [-0.25, -0.2) is 4.68 Å². The van der Waals surface area contributed by atoms with Crippen molar-refractivity contribution >= 4 is 34.5 Å². The van der Waals surface area contributed by atoms with Crippen molar-refractivity contribution in [3.05, 3.63) is 86.2 Å². The normalized spacial score (nSPS) is 10.8. The summed E-state index contributed by atoms with van der Waals surface area (Å²) in [6.07, 6.45) is 3.99. The summed E-state index contributed by atoms with van der Waals surface area (Å²) in [5, 5.41) is 23.6. The Morgan fingerprint density at radius 3 is 2.82 bits per heavy atom. The van der Waals surface area contributed by atoms with Gasteiger partial charge in [0.1, 0.15) is 5.69 Å². The molecule has 9 nitrogen and oxygen atoms in total. The Morgan fingerprint density at radius 1 is 1.18 bits per heavy atom. The molecule has 0 unspecified atom stereocenters. The summed E-state index contributed by atoms with van der Waals surface area (Å²) in [6, 6.07) is 13.8. The molecule has 4 rings (SSSR count). The van der Waals surface area contributed by atoms with Crippen LogP contribution in [0.1, 0.15) is 21.8 Å². The number of amides is 1. The summed E-state index contributed by atoms with van der Waals surface area (Å²) in [7, 11) is 0. The first-order valence-corrected chi connectivity index (χ1v) is 11.4. The second-order valence-corrected chi connectivity index (χ2v) is 8.77. The fourth-order valence-corrected chi connectivity index (χ4v) is 4.11. The Kier molecular flexibility index (Phi) is 7.18. The van der Waals surface area contributed by atoms with E-state index >= 15 is 0 Å². The summed E-state index contributed by atoms with van der Waals surface area (Å²) < 4.78 is 3.69. The number of anilines is 1. The van der Waals surface area contributed by atoms with E-state index < -0.39 is 0 Å². The maximum Gasteiger partial charge on any atom is 0.261 e. The number of halogens is 1. The van der Waals surface area contributed by atoms with Gasteiger partial charge < -0.3 is 15.7 Å². The van der Waals surface area contributed by atoms with Crippen LogP contribution >= 0.6 is 22.9 Å². The van der Waals surface area contributed by atoms with Gasteiger partial charge in [-0.3, -0.25) is 14.2 Å². The summed E-state index contributed by atoms with van der Waals surface area (Å²) in [4.78, 5) is 25.0. The molecule has 0 atom stereocenters. The number of rotatable bonds is 9. The molecule has 1 aromatic carbocycles. The number of carbonyl (C=O) groups is 1. The number of benzene rings is 1. The van der Waals surface area contributed by atoms with Crippen molar-refractivity contribution < 1.29 is 9.90 Å². The van der Waals surface area contributed by atoms with E-state index in [9.17, 15) is 9.59 Å². The molecule has 0 saturated carbocycles. The lowest BCUT2D eigenvalue weighted by molar-refractivity contribution is 0.0954. The standard InChI is InChI=1S/C22H21ClN6O3S/c23-20-8-7-19(33-20)22(32)25-13-15-14-29(27-26-15)18-6-5-16(12-17(18)24-9-3-11-30)28-10-2-1-4-21(28)31/h1-2,4-8,10,12,14,24,30H,3,9,11,13H2,(H,25,32). The molecule has 33 heavy (non-hydrogen) atoms. The predicted octanol–water partition coefficient (Wildman–Crippen LogP) is 2.86. The third kappa shape index (κ3) is 5.48. The zero-order chi connectivity index (χ0) is 23.2. The molecule has 0 fully saturated rings. The van der Waals surface area contributed by atoms with Crippen LogP contribution in [0.5, 0.6) is 0 Å². The van der Waals surface area contributed by atoms with Gasteiger partial charge in [-0.05, 0) is 42.8 Å². The third-order valence-electron chi connectivity index (χ3n) is 4.75. The lowest BCUT2D eigenvalue weighted by Crippen LogP contribution is -2.21. The fraction of sp³-hybridized carbons (Fsp3) is 0.182. The molecule has 0 aliphatic carbocycles. The van der Waals surface area contributed by atoms with Gasteiger partial charge in [0.25, 0.3) is 11.5 Å². The van der Waals surface area contributed by atoms with Crippen LogP contribution in [0.25, 0.3) is 11.4 Å². The van der Waals surface area contributed by atoms with Crippen molar-refractivity contribution in [3.63, 3.8) is 0 Å². The molecule has 0 radical (unpaired) electrons. The first-order valence-electron chi connectivity index (χ1n) is 10.2. The summed E-state index contributed by atoms with van der Waals surface area (Å²) >= 11 is 7.09. The number of nitrogens with zero attached hydrogens (tertiary/aromatic N) is 4. The Morgan fingerprint density at radius 2 is 2.06 bits per heavy atom. The Labute approximate surface area is 198 Å². The van der Waals surface area contributed by atoms with E-state index in [0.29, 0.717) is 33.6 Å². The molecule has 0 saturated heterocycles. The topological polar surface area (TPSA) is 114 Å². The molecule has 0 bridgehead atoms. The van der Waals surface area contributed by atoms with E-state index in [2.05, 4.69) is 20.9 Å². The molecular weight excluding hydrogens is 464 g/mol. The number of aromatic nitrogens is 4. The average Bonchev–Trinajstić information content (AvgIpc) is 3.47. The second kappa shape index (κ2) is 10.4. The minimum atomic E-state index is -0.231. The van der Waals surface area contributed by atoms with E-state index in [-0.39, 0.29) is 24.6 Å². The SMILES string of the molecule is O=C(NCc1cn(-c2ccc(-n3ccccc3=O)cc2NCCCO)nn1)c1ccc(Cl)s1. The highest BCUT2D eigenvalue weighted by Gasteiger charge is 2.12. The van der Waals surface area contributed by atoms with E-state index in [0.717, 1.165) is 11.4 Å². The van der Waals surface area contributed by atoms with Gasteiger partial charge in [0, 0.05) is 25.4 Å². The molecule has 3 heterocycles. The fourth-order valence-electron chi connectivity index (χ4n) is 3.15. The van der Waals surface area contributed by atoms with Crippen molar-refractivity contribution in [1.29, 1.82) is 0 Å². The van der Waals surface area contributed by atoms with Gasteiger partial charge in [0.15, 0.2) is 0 Å². The summed E-state index contributed by atoms with van der Waals surface area (Å²) in [5.74, 6) is -0.231. The minimum absolute atomic E-state index is 0.0583. The van der Waals surface area contributed by atoms with E-state index in [4.69, 9.17) is 16.7 Å². The monoisotopic (exact) mass is 484 g/mol. The maximum absolute atomic E-state index is 12.2. The molecular formula is C22H21ClN6O3S. The van der Waals surface area contributed by atoms with Gasteiger partial charge in [-0.15, -0.1) is 16.4 Å².